The smallest absolute Gasteiger partial charge is 0.411 e. The Bertz CT molecular complexity index is 1090. The molecular formula is C34H53N3O6. The van der Waals surface area contributed by atoms with Gasteiger partial charge in [0, 0.05) is 6.42 Å². The molecule has 1 aliphatic heterocycles. The first-order chi connectivity index (χ1) is 20.3. The van der Waals surface area contributed by atoms with Crippen LogP contribution in [0.25, 0.3) is 0 Å². The van der Waals surface area contributed by atoms with E-state index in [1.807, 2.05) is 38.1 Å². The zero-order valence-corrected chi connectivity index (χ0v) is 26.7. The van der Waals surface area contributed by atoms with Gasteiger partial charge in [-0.15, -0.1) is 6.58 Å². The van der Waals surface area contributed by atoms with E-state index in [1.165, 1.54) is 11.3 Å². The number of ether oxygens (including phenoxy) is 1. The van der Waals surface area contributed by atoms with Crippen LogP contribution >= 0.6 is 0 Å². The second-order valence-corrected chi connectivity index (χ2v) is 13.7. The molecule has 43 heavy (non-hydrogen) atoms. The van der Waals surface area contributed by atoms with Crippen LogP contribution in [0.4, 0.5) is 4.79 Å². The molecule has 1 fully saturated rings. The Balaban J connectivity index is 1.79. The fourth-order valence-electron chi connectivity index (χ4n) is 6.18. The number of nitrogens with zero attached hydrogens (tertiary/aromatic N) is 1. The molecule has 1 heterocycles. The summed E-state index contributed by atoms with van der Waals surface area (Å²) < 4.78 is 5.63. The second kappa shape index (κ2) is 15.7. The molecule has 0 unspecified atom stereocenters. The van der Waals surface area contributed by atoms with Crippen molar-refractivity contribution in [2.24, 2.45) is 11.8 Å². The van der Waals surface area contributed by atoms with Gasteiger partial charge in [0.1, 0.15) is 23.8 Å². The molecule has 4 N–H and O–H groups in total. The van der Waals surface area contributed by atoms with Gasteiger partial charge in [-0.25, -0.2) is 4.79 Å². The lowest BCUT2D eigenvalue weighted by Crippen LogP contribution is -2.59. The first-order valence-electron chi connectivity index (χ1n) is 15.9. The average molecular weight is 600 g/mol. The van der Waals surface area contributed by atoms with Crippen molar-refractivity contribution in [2.75, 3.05) is 0 Å². The Morgan fingerprint density at radius 1 is 1.07 bits per heavy atom. The molecule has 0 aromatic heterocycles. The third kappa shape index (κ3) is 10.3. The van der Waals surface area contributed by atoms with Crippen molar-refractivity contribution in [1.29, 1.82) is 0 Å². The first kappa shape index (κ1) is 34.6. The Morgan fingerprint density at radius 2 is 1.72 bits per heavy atom. The minimum Gasteiger partial charge on any atom is -0.444 e. The molecule has 9 heteroatoms. The van der Waals surface area contributed by atoms with Gasteiger partial charge in [0.05, 0.1) is 18.7 Å². The zero-order chi connectivity index (χ0) is 31.7. The summed E-state index contributed by atoms with van der Waals surface area (Å²) in [4.78, 5) is 42.1. The van der Waals surface area contributed by atoms with Crippen molar-refractivity contribution >= 4 is 17.9 Å². The number of aliphatic hydroxyl groups is 2. The lowest BCUT2D eigenvalue weighted by Gasteiger charge is -2.37. The highest BCUT2D eigenvalue weighted by Gasteiger charge is 2.39. The molecule has 0 bridgehead atoms. The molecule has 5 atom stereocenters. The van der Waals surface area contributed by atoms with Crippen molar-refractivity contribution in [3.63, 3.8) is 0 Å². The number of benzene rings is 1. The van der Waals surface area contributed by atoms with Gasteiger partial charge in [-0.3, -0.25) is 14.5 Å². The Labute approximate surface area is 257 Å². The topological polar surface area (TPSA) is 128 Å². The fourth-order valence-corrected chi connectivity index (χ4v) is 6.18. The highest BCUT2D eigenvalue weighted by atomic mass is 16.6. The molecule has 2 aliphatic rings. The van der Waals surface area contributed by atoms with Crippen LogP contribution in [0.3, 0.4) is 0 Å². The van der Waals surface area contributed by atoms with Gasteiger partial charge in [0.2, 0.25) is 11.8 Å². The first-order valence-corrected chi connectivity index (χ1v) is 15.9. The third-order valence-corrected chi connectivity index (χ3v) is 8.37. The zero-order valence-electron chi connectivity index (χ0n) is 26.7. The molecular weight excluding hydrogens is 546 g/mol. The highest BCUT2D eigenvalue weighted by molar-refractivity contribution is 5.92. The van der Waals surface area contributed by atoms with Crippen molar-refractivity contribution in [1.82, 2.24) is 15.5 Å². The summed E-state index contributed by atoms with van der Waals surface area (Å²) in [5.74, 6) is -0.398. The number of hydrogen-bond acceptors (Lipinski definition) is 6. The van der Waals surface area contributed by atoms with Crippen LogP contribution in [-0.2, 0) is 27.3 Å². The summed E-state index contributed by atoms with van der Waals surface area (Å²) >= 11 is 0. The van der Waals surface area contributed by atoms with Gasteiger partial charge < -0.3 is 25.6 Å². The molecule has 1 saturated carbocycles. The van der Waals surface area contributed by atoms with Gasteiger partial charge in [0.25, 0.3) is 0 Å². The van der Waals surface area contributed by atoms with E-state index in [9.17, 15) is 24.6 Å². The third-order valence-electron chi connectivity index (χ3n) is 8.37. The van der Waals surface area contributed by atoms with Gasteiger partial charge in [-0.2, -0.15) is 0 Å². The largest absolute Gasteiger partial charge is 0.444 e. The number of hydrogen-bond donors (Lipinski definition) is 4. The monoisotopic (exact) mass is 599 g/mol. The van der Waals surface area contributed by atoms with Crippen LogP contribution in [0, 0.1) is 11.8 Å². The number of rotatable bonds is 12. The molecule has 1 aliphatic carbocycles. The molecule has 0 spiro atoms. The van der Waals surface area contributed by atoms with E-state index in [2.05, 4.69) is 17.2 Å². The SMILES string of the molecule is C=CC[C@H](NC(=O)[C@H]1Cc2ccccc2CN1C(=O)OC(C)(C)C)C(=O)N[C@@H](CC1CCCCC1)[C@@H](O)[C@@H](O)CC(C)C. The fraction of sp³-hybridized carbons (Fsp3) is 0.676. The number of carbonyl (C=O) groups excluding carboxylic acids is 3. The van der Waals surface area contributed by atoms with E-state index in [1.54, 1.807) is 26.8 Å². The quantitative estimate of drug-likeness (QED) is 0.259. The normalized spacial score (nSPS) is 20.4. The van der Waals surface area contributed by atoms with Crippen molar-refractivity contribution in [3.8, 4) is 0 Å². The van der Waals surface area contributed by atoms with E-state index in [4.69, 9.17) is 4.74 Å². The lowest BCUT2D eigenvalue weighted by atomic mass is 9.82. The van der Waals surface area contributed by atoms with Gasteiger partial charge in [0.15, 0.2) is 0 Å². The van der Waals surface area contributed by atoms with Gasteiger partial charge in [-0.1, -0.05) is 76.3 Å². The average Bonchev–Trinajstić information content (AvgIpc) is 2.94. The van der Waals surface area contributed by atoms with E-state index >= 15 is 0 Å². The molecule has 0 radical (unpaired) electrons. The molecule has 1 aromatic carbocycles. The molecule has 3 rings (SSSR count). The van der Waals surface area contributed by atoms with E-state index in [0.717, 1.165) is 36.8 Å². The predicted octanol–water partition coefficient (Wildman–Crippen LogP) is 4.63. The second-order valence-electron chi connectivity index (χ2n) is 13.7. The number of nitrogens with one attached hydrogen (secondary N) is 2. The lowest BCUT2D eigenvalue weighted by molar-refractivity contribution is -0.133. The Hall–Kier alpha value is -2.91. The van der Waals surface area contributed by atoms with Crippen LogP contribution < -0.4 is 10.6 Å². The van der Waals surface area contributed by atoms with Crippen molar-refractivity contribution in [2.45, 2.75) is 135 Å². The summed E-state index contributed by atoms with van der Waals surface area (Å²) in [5.41, 5.74) is 1.16. The number of fused-ring (bicyclic) bond motifs is 1. The minimum atomic E-state index is -1.13. The van der Waals surface area contributed by atoms with Crippen LogP contribution in [0.1, 0.15) is 97.1 Å². The number of carbonyl (C=O) groups is 3. The summed E-state index contributed by atoms with van der Waals surface area (Å²) in [6.45, 7) is 13.3. The molecule has 240 valence electrons. The maximum Gasteiger partial charge on any atom is 0.411 e. The van der Waals surface area contributed by atoms with Gasteiger partial charge >= 0.3 is 6.09 Å². The van der Waals surface area contributed by atoms with Gasteiger partial charge in [-0.05, 0) is 63.0 Å². The molecule has 9 nitrogen and oxygen atoms in total. The van der Waals surface area contributed by atoms with Crippen molar-refractivity contribution in [3.05, 3.63) is 48.0 Å². The van der Waals surface area contributed by atoms with Crippen molar-refractivity contribution < 1.29 is 29.3 Å². The van der Waals surface area contributed by atoms with Crippen LogP contribution in [-0.4, -0.2) is 69.0 Å². The van der Waals surface area contributed by atoms with E-state index in [0.29, 0.717) is 18.8 Å². The molecule has 1 aromatic rings. The maximum absolute atomic E-state index is 13.8. The van der Waals surface area contributed by atoms with E-state index in [-0.39, 0.29) is 25.3 Å². The van der Waals surface area contributed by atoms with Crippen LogP contribution in [0.5, 0.6) is 0 Å². The van der Waals surface area contributed by atoms with Crippen LogP contribution in [0.2, 0.25) is 0 Å². The molecule has 0 saturated heterocycles. The predicted molar refractivity (Wildman–Crippen MR) is 167 cm³/mol. The summed E-state index contributed by atoms with van der Waals surface area (Å²) in [5, 5.41) is 27.8. The minimum absolute atomic E-state index is 0.161. The number of amides is 3. The summed E-state index contributed by atoms with van der Waals surface area (Å²) in [6.07, 6.45) is 5.73. The maximum atomic E-state index is 13.8. The Morgan fingerprint density at radius 3 is 2.33 bits per heavy atom. The van der Waals surface area contributed by atoms with E-state index < -0.39 is 53.8 Å². The summed E-state index contributed by atoms with van der Waals surface area (Å²) in [6, 6.07) is 5.17. The number of aliphatic hydroxyl groups excluding tert-OH is 2. The Kier molecular flexibility index (Phi) is 12.6. The molecule has 3 amide bonds. The highest BCUT2D eigenvalue weighted by Crippen LogP contribution is 2.29. The standard InChI is InChI=1S/C34H53N3O6/c1-7-13-26(31(40)36-27(19-23-14-9-8-10-15-23)30(39)29(38)18-22(2)3)35-32(41)28-20-24-16-11-12-17-25(24)21-37(28)33(42)43-34(4,5)6/h7,11-12,16-17,22-23,26-30,38-39H,1,8-10,13-15,18-21H2,2-6H3,(H,35,41)(H,36,40)/t26-,27-,28+,29-,30+/m0/s1. The summed E-state index contributed by atoms with van der Waals surface area (Å²) in [7, 11) is 0. The van der Waals surface area contributed by atoms with Crippen LogP contribution in [0.15, 0.2) is 36.9 Å².